The minimum absolute atomic E-state index is 0.103. The van der Waals surface area contributed by atoms with E-state index in [1.807, 2.05) is 20.9 Å². The molecule has 0 aliphatic rings. The molecule has 0 fully saturated rings. The molecule has 0 saturated carbocycles. The van der Waals surface area contributed by atoms with Crippen LogP contribution < -0.4 is 5.73 Å². The Morgan fingerprint density at radius 3 is 2.04 bits per heavy atom. The first-order valence-corrected chi connectivity index (χ1v) is 10.1. The second-order valence-corrected chi connectivity index (χ2v) is 6.82. The van der Waals surface area contributed by atoms with Crippen LogP contribution in [0.5, 0.6) is 0 Å². The Bertz CT molecular complexity index is 321. The summed E-state index contributed by atoms with van der Waals surface area (Å²) >= 11 is 0. The zero-order chi connectivity index (χ0) is 21.6. The molecule has 0 aromatic heterocycles. The normalized spacial score (nSPS) is 10.2. The van der Waals surface area contributed by atoms with Gasteiger partial charge in [-0.15, -0.1) is 0 Å². The molecular weight excluding hydrogens is 346 g/mol. The highest BCUT2D eigenvalue weighted by atomic mass is 16.5. The van der Waals surface area contributed by atoms with E-state index in [9.17, 15) is 9.59 Å². The molecule has 0 radical (unpaired) electrons. The summed E-state index contributed by atoms with van der Waals surface area (Å²) in [6, 6.07) is 0. The maximum atomic E-state index is 11.9. The molecule has 7 nitrogen and oxygen atoms in total. The van der Waals surface area contributed by atoms with Gasteiger partial charge in [-0.3, -0.25) is 4.79 Å². The van der Waals surface area contributed by atoms with Crippen LogP contribution in [0.2, 0.25) is 0 Å². The van der Waals surface area contributed by atoms with Gasteiger partial charge in [0.05, 0.1) is 54.0 Å². The van der Waals surface area contributed by atoms with E-state index in [4.69, 9.17) is 9.47 Å². The molecule has 0 rings (SSSR count). The summed E-state index contributed by atoms with van der Waals surface area (Å²) in [6.07, 6.45) is 4.79. The van der Waals surface area contributed by atoms with E-state index in [2.05, 4.69) is 26.9 Å². The molecule has 0 aromatic carbocycles. The molecule has 1 amide bonds. The molecule has 27 heavy (non-hydrogen) atoms. The SMILES string of the molecule is CC.CN.CN(CCCCCC=O)C(=O)CCOCCOCC[N+](C)(C)C. The van der Waals surface area contributed by atoms with Crippen LogP contribution in [0.15, 0.2) is 0 Å². The smallest absolute Gasteiger partial charge is 0.224 e. The van der Waals surface area contributed by atoms with Crippen LogP contribution in [0.3, 0.4) is 0 Å². The third-order valence-corrected chi connectivity index (χ3v) is 3.48. The van der Waals surface area contributed by atoms with E-state index in [1.165, 1.54) is 7.05 Å². The zero-order valence-electron chi connectivity index (χ0n) is 19.0. The van der Waals surface area contributed by atoms with E-state index in [1.54, 1.807) is 4.90 Å². The standard InChI is InChI=1S/C17H35N2O4.C2H6.CH5N/c1-18(10-7-5-6-8-12-20)17(21)9-13-22-15-16-23-14-11-19(2,3)4;2*1-2/h12H,5-11,13-16H2,1-4H3;1-2H3;2H2,1H3/q+1;;. The number of likely N-dealkylation sites (N-methyl/N-ethyl adjacent to an activating group) is 1. The number of ether oxygens (including phenoxy) is 2. The Hall–Kier alpha value is -1.02. The van der Waals surface area contributed by atoms with Gasteiger partial charge in [0.25, 0.3) is 0 Å². The third kappa shape index (κ3) is 27.3. The fraction of sp³-hybridized carbons (Fsp3) is 0.900. The lowest BCUT2D eigenvalue weighted by Crippen LogP contribution is -2.37. The first-order chi connectivity index (χ1) is 12.9. The molecule has 0 aliphatic heterocycles. The highest BCUT2D eigenvalue weighted by molar-refractivity contribution is 5.75. The average molecular weight is 393 g/mol. The van der Waals surface area contributed by atoms with Crippen LogP contribution in [-0.2, 0) is 19.1 Å². The van der Waals surface area contributed by atoms with Gasteiger partial charge in [0.2, 0.25) is 5.91 Å². The van der Waals surface area contributed by atoms with Crippen molar-refractivity contribution < 1.29 is 23.5 Å². The van der Waals surface area contributed by atoms with Crippen molar-refractivity contribution in [2.45, 2.75) is 46.0 Å². The first-order valence-electron chi connectivity index (χ1n) is 10.1. The van der Waals surface area contributed by atoms with Crippen molar-refractivity contribution in [3.63, 3.8) is 0 Å². The topological polar surface area (TPSA) is 81.9 Å². The van der Waals surface area contributed by atoms with Crippen molar-refractivity contribution in [1.29, 1.82) is 0 Å². The number of carbonyl (C=O) groups excluding carboxylic acids is 2. The Kier molecular flexibility index (Phi) is 26.2. The van der Waals surface area contributed by atoms with Gasteiger partial charge in [-0.25, -0.2) is 0 Å². The molecule has 0 spiro atoms. The lowest BCUT2D eigenvalue weighted by Gasteiger charge is -2.23. The molecule has 0 bridgehead atoms. The number of hydrogen-bond donors (Lipinski definition) is 1. The molecule has 0 heterocycles. The van der Waals surface area contributed by atoms with Crippen LogP contribution in [0.1, 0.15) is 46.0 Å². The molecular formula is C20H46N3O4+. The molecule has 0 aromatic rings. The van der Waals surface area contributed by atoms with E-state index in [-0.39, 0.29) is 5.91 Å². The van der Waals surface area contributed by atoms with Gasteiger partial charge in [-0.05, 0) is 19.9 Å². The van der Waals surface area contributed by atoms with Gasteiger partial charge in [-0.1, -0.05) is 20.3 Å². The predicted molar refractivity (Wildman–Crippen MR) is 113 cm³/mol. The number of nitrogens with two attached hydrogens (primary N) is 1. The number of hydrogen-bond acceptors (Lipinski definition) is 5. The maximum absolute atomic E-state index is 11.9. The molecule has 164 valence electrons. The van der Waals surface area contributed by atoms with E-state index >= 15 is 0 Å². The Balaban J connectivity index is -0.00000134. The fourth-order valence-corrected chi connectivity index (χ4v) is 1.89. The quantitative estimate of drug-likeness (QED) is 0.262. The predicted octanol–water partition coefficient (Wildman–Crippen LogP) is 1.93. The van der Waals surface area contributed by atoms with Crippen LogP contribution in [-0.4, -0.2) is 96.3 Å². The Labute approximate surface area is 167 Å². The summed E-state index contributed by atoms with van der Waals surface area (Å²) in [6.45, 7) is 7.97. The number of quaternary nitrogens is 1. The van der Waals surface area contributed by atoms with Crippen LogP contribution in [0, 0.1) is 0 Å². The van der Waals surface area contributed by atoms with Crippen LogP contribution in [0.25, 0.3) is 0 Å². The maximum Gasteiger partial charge on any atom is 0.224 e. The van der Waals surface area contributed by atoms with Crippen molar-refractivity contribution in [2.75, 3.05) is 74.8 Å². The van der Waals surface area contributed by atoms with Crippen molar-refractivity contribution >= 4 is 12.2 Å². The summed E-state index contributed by atoms with van der Waals surface area (Å²) in [7, 11) is 9.70. The largest absolute Gasteiger partial charge is 0.379 e. The van der Waals surface area contributed by atoms with Crippen molar-refractivity contribution in [3.8, 4) is 0 Å². The van der Waals surface area contributed by atoms with E-state index in [0.717, 1.165) is 49.7 Å². The van der Waals surface area contributed by atoms with Gasteiger partial charge in [0.1, 0.15) is 12.8 Å². The lowest BCUT2D eigenvalue weighted by molar-refractivity contribution is -0.870. The molecule has 0 unspecified atom stereocenters. The fourth-order valence-electron chi connectivity index (χ4n) is 1.89. The van der Waals surface area contributed by atoms with Gasteiger partial charge >= 0.3 is 0 Å². The summed E-state index contributed by atoms with van der Waals surface area (Å²) < 4.78 is 11.8. The number of rotatable bonds is 15. The van der Waals surface area contributed by atoms with E-state index in [0.29, 0.717) is 32.7 Å². The second-order valence-electron chi connectivity index (χ2n) is 6.82. The monoisotopic (exact) mass is 392 g/mol. The molecule has 2 N–H and O–H groups in total. The van der Waals surface area contributed by atoms with Crippen molar-refractivity contribution in [2.24, 2.45) is 5.73 Å². The number of unbranched alkanes of at least 4 members (excludes halogenated alkanes) is 3. The van der Waals surface area contributed by atoms with Gasteiger partial charge < -0.3 is 29.4 Å². The molecule has 7 heteroatoms. The Morgan fingerprint density at radius 2 is 1.52 bits per heavy atom. The average Bonchev–Trinajstić information content (AvgIpc) is 2.65. The van der Waals surface area contributed by atoms with Crippen LogP contribution in [0.4, 0.5) is 0 Å². The summed E-state index contributed by atoms with van der Waals surface area (Å²) in [5.41, 5.74) is 4.50. The number of nitrogens with zero attached hydrogens (tertiary/aromatic N) is 2. The summed E-state index contributed by atoms with van der Waals surface area (Å²) in [4.78, 5) is 23.8. The minimum atomic E-state index is 0.103. The number of aldehydes is 1. The highest BCUT2D eigenvalue weighted by Gasteiger charge is 2.08. The van der Waals surface area contributed by atoms with Gasteiger partial charge in [-0.2, -0.15) is 0 Å². The van der Waals surface area contributed by atoms with Crippen molar-refractivity contribution in [3.05, 3.63) is 0 Å². The van der Waals surface area contributed by atoms with Gasteiger partial charge in [0.15, 0.2) is 0 Å². The second kappa shape index (κ2) is 23.0. The molecule has 0 atom stereocenters. The number of carbonyl (C=O) groups is 2. The Morgan fingerprint density at radius 1 is 0.963 bits per heavy atom. The van der Waals surface area contributed by atoms with Crippen molar-refractivity contribution in [1.82, 2.24) is 4.90 Å². The highest BCUT2D eigenvalue weighted by Crippen LogP contribution is 2.01. The van der Waals surface area contributed by atoms with Gasteiger partial charge in [0, 0.05) is 20.0 Å². The minimum Gasteiger partial charge on any atom is -0.379 e. The summed E-state index contributed by atoms with van der Waals surface area (Å²) in [5.74, 6) is 0.103. The van der Waals surface area contributed by atoms with Crippen LogP contribution >= 0.6 is 0 Å². The molecule has 0 saturated heterocycles. The first kappa shape index (κ1) is 30.7. The number of amides is 1. The zero-order valence-corrected chi connectivity index (χ0v) is 19.0. The summed E-state index contributed by atoms with van der Waals surface area (Å²) in [5, 5.41) is 0. The van der Waals surface area contributed by atoms with E-state index < -0.39 is 0 Å². The lowest BCUT2D eigenvalue weighted by atomic mass is 10.2. The third-order valence-electron chi connectivity index (χ3n) is 3.48. The molecule has 0 aliphatic carbocycles.